The number of nitrogens with one attached hydrogen (secondary N) is 3. The fraction of sp³-hybridized carbons (Fsp3) is 0.529. The lowest BCUT2D eigenvalue weighted by Gasteiger charge is -2.16. The summed E-state index contributed by atoms with van der Waals surface area (Å²) >= 11 is 0. The maximum atomic E-state index is 4.64. The van der Waals surface area contributed by atoms with E-state index >= 15 is 0 Å². The van der Waals surface area contributed by atoms with Crippen LogP contribution in [0.25, 0.3) is 0 Å². The molecule has 3 N–H and O–H groups in total. The van der Waals surface area contributed by atoms with Crippen molar-refractivity contribution in [1.82, 2.24) is 15.6 Å². The number of aromatic nitrogens is 1. The first-order chi connectivity index (χ1) is 10.9. The fourth-order valence-electron chi connectivity index (χ4n) is 2.36. The Morgan fingerprint density at radius 2 is 2.14 bits per heavy atom. The standard InChI is InChI=1S/C17H27N5/c1-2-18-17(22-15-9-3-4-10-15)21-14-8-7-13-20-16-11-5-6-12-19-16/h3-6,11-12,15H,2,7-10,13-14H2,1H3,(H,19,20)(H2,18,21,22). The normalized spacial score (nSPS) is 15.0. The van der Waals surface area contributed by atoms with E-state index in [2.05, 4.69) is 45.0 Å². The largest absolute Gasteiger partial charge is 0.370 e. The minimum absolute atomic E-state index is 0.503. The molecule has 22 heavy (non-hydrogen) atoms. The van der Waals surface area contributed by atoms with Crippen LogP contribution in [0.5, 0.6) is 0 Å². The van der Waals surface area contributed by atoms with Crippen LogP contribution in [0.15, 0.2) is 41.5 Å². The SMILES string of the molecule is CCNC(=NCCCCNc1ccccn1)NC1CC=CC1. The maximum Gasteiger partial charge on any atom is 0.191 e. The lowest BCUT2D eigenvalue weighted by Crippen LogP contribution is -2.42. The van der Waals surface area contributed by atoms with Crippen LogP contribution in [0.4, 0.5) is 5.82 Å². The van der Waals surface area contributed by atoms with E-state index in [0.29, 0.717) is 6.04 Å². The molecule has 2 rings (SSSR count). The predicted octanol–water partition coefficient (Wildman–Crippen LogP) is 2.55. The van der Waals surface area contributed by atoms with Gasteiger partial charge < -0.3 is 16.0 Å². The number of aliphatic imine (C=N–C) groups is 1. The van der Waals surface area contributed by atoms with E-state index in [0.717, 1.165) is 57.1 Å². The second-order valence-corrected chi connectivity index (χ2v) is 5.39. The molecule has 1 aromatic rings. The predicted molar refractivity (Wildman–Crippen MR) is 93.2 cm³/mol. The summed E-state index contributed by atoms with van der Waals surface area (Å²) in [6.45, 7) is 4.77. The van der Waals surface area contributed by atoms with Gasteiger partial charge in [-0.25, -0.2) is 4.98 Å². The van der Waals surface area contributed by atoms with E-state index in [9.17, 15) is 0 Å². The highest BCUT2D eigenvalue weighted by Crippen LogP contribution is 2.08. The third-order valence-electron chi connectivity index (χ3n) is 3.52. The topological polar surface area (TPSA) is 61.3 Å². The molecule has 0 saturated carbocycles. The third-order valence-corrected chi connectivity index (χ3v) is 3.52. The molecule has 1 aromatic heterocycles. The van der Waals surface area contributed by atoms with E-state index in [1.54, 1.807) is 6.20 Å². The smallest absolute Gasteiger partial charge is 0.191 e. The summed E-state index contributed by atoms with van der Waals surface area (Å²) in [5.74, 6) is 1.88. The van der Waals surface area contributed by atoms with Gasteiger partial charge >= 0.3 is 0 Å². The molecule has 1 aliphatic carbocycles. The average Bonchev–Trinajstić information content (AvgIpc) is 3.05. The van der Waals surface area contributed by atoms with Gasteiger partial charge in [-0.05, 0) is 44.7 Å². The molecule has 0 aliphatic heterocycles. The van der Waals surface area contributed by atoms with Crippen molar-refractivity contribution in [3.8, 4) is 0 Å². The molecule has 0 bridgehead atoms. The quantitative estimate of drug-likeness (QED) is 0.299. The summed E-state index contributed by atoms with van der Waals surface area (Å²) in [5.41, 5.74) is 0. The van der Waals surface area contributed by atoms with E-state index < -0.39 is 0 Å². The van der Waals surface area contributed by atoms with Crippen LogP contribution in [-0.2, 0) is 0 Å². The van der Waals surface area contributed by atoms with Crippen molar-refractivity contribution >= 4 is 11.8 Å². The number of hydrogen-bond acceptors (Lipinski definition) is 3. The Bertz CT molecular complexity index is 461. The van der Waals surface area contributed by atoms with Gasteiger partial charge in [0.05, 0.1) is 0 Å². The Hall–Kier alpha value is -2.04. The lowest BCUT2D eigenvalue weighted by atomic mass is 10.2. The number of pyridine rings is 1. The van der Waals surface area contributed by atoms with Crippen molar-refractivity contribution in [1.29, 1.82) is 0 Å². The number of unbranched alkanes of at least 4 members (excludes halogenated alkanes) is 1. The van der Waals surface area contributed by atoms with Gasteiger partial charge in [0.25, 0.3) is 0 Å². The molecular weight excluding hydrogens is 274 g/mol. The zero-order valence-electron chi connectivity index (χ0n) is 13.4. The van der Waals surface area contributed by atoms with Gasteiger partial charge in [0.2, 0.25) is 0 Å². The van der Waals surface area contributed by atoms with Crippen LogP contribution in [-0.4, -0.2) is 36.6 Å². The molecular formula is C17H27N5. The van der Waals surface area contributed by atoms with Crippen molar-refractivity contribution in [3.63, 3.8) is 0 Å². The van der Waals surface area contributed by atoms with Crippen LogP contribution >= 0.6 is 0 Å². The highest BCUT2D eigenvalue weighted by atomic mass is 15.2. The second kappa shape index (κ2) is 9.82. The van der Waals surface area contributed by atoms with Crippen LogP contribution in [0.1, 0.15) is 32.6 Å². The minimum atomic E-state index is 0.503. The summed E-state index contributed by atoms with van der Waals surface area (Å²) < 4.78 is 0. The zero-order valence-corrected chi connectivity index (χ0v) is 13.4. The van der Waals surface area contributed by atoms with E-state index in [-0.39, 0.29) is 0 Å². The number of nitrogens with zero attached hydrogens (tertiary/aromatic N) is 2. The van der Waals surface area contributed by atoms with Crippen molar-refractivity contribution in [2.75, 3.05) is 25.0 Å². The summed E-state index contributed by atoms with van der Waals surface area (Å²) in [6.07, 6.45) is 10.6. The van der Waals surface area contributed by atoms with Gasteiger partial charge in [0.15, 0.2) is 5.96 Å². The van der Waals surface area contributed by atoms with E-state index in [4.69, 9.17) is 0 Å². The van der Waals surface area contributed by atoms with Gasteiger partial charge in [-0.3, -0.25) is 4.99 Å². The Kier molecular flexibility index (Phi) is 7.29. The van der Waals surface area contributed by atoms with Gasteiger partial charge in [0, 0.05) is 31.9 Å². The van der Waals surface area contributed by atoms with Crippen molar-refractivity contribution in [2.45, 2.75) is 38.6 Å². The average molecular weight is 301 g/mol. The van der Waals surface area contributed by atoms with Gasteiger partial charge in [-0.15, -0.1) is 0 Å². The Morgan fingerprint density at radius 3 is 2.86 bits per heavy atom. The molecule has 1 heterocycles. The van der Waals surface area contributed by atoms with Crippen molar-refractivity contribution in [3.05, 3.63) is 36.5 Å². The highest BCUT2D eigenvalue weighted by Gasteiger charge is 2.11. The molecule has 120 valence electrons. The first-order valence-corrected chi connectivity index (χ1v) is 8.23. The highest BCUT2D eigenvalue weighted by molar-refractivity contribution is 5.80. The molecule has 5 nitrogen and oxygen atoms in total. The molecule has 0 unspecified atom stereocenters. The Labute approximate surface area is 133 Å². The van der Waals surface area contributed by atoms with Crippen LogP contribution < -0.4 is 16.0 Å². The molecule has 0 fully saturated rings. The summed E-state index contributed by atoms with van der Waals surface area (Å²) in [6, 6.07) is 6.41. The van der Waals surface area contributed by atoms with Crippen molar-refractivity contribution in [2.24, 2.45) is 4.99 Å². The molecule has 0 atom stereocenters. The van der Waals surface area contributed by atoms with E-state index in [1.807, 2.05) is 18.2 Å². The molecule has 0 saturated heterocycles. The second-order valence-electron chi connectivity index (χ2n) is 5.39. The number of anilines is 1. The van der Waals surface area contributed by atoms with Crippen LogP contribution in [0.2, 0.25) is 0 Å². The summed E-state index contributed by atoms with van der Waals surface area (Å²) in [4.78, 5) is 8.89. The van der Waals surface area contributed by atoms with Crippen molar-refractivity contribution < 1.29 is 0 Å². The first-order valence-electron chi connectivity index (χ1n) is 8.23. The first kappa shape index (κ1) is 16.3. The zero-order chi connectivity index (χ0) is 15.5. The summed E-state index contributed by atoms with van der Waals surface area (Å²) in [7, 11) is 0. The molecule has 0 aromatic carbocycles. The Balaban J connectivity index is 1.61. The molecule has 0 radical (unpaired) electrons. The van der Waals surface area contributed by atoms with Gasteiger partial charge in [-0.2, -0.15) is 0 Å². The monoisotopic (exact) mass is 301 g/mol. The Morgan fingerprint density at radius 1 is 1.27 bits per heavy atom. The molecule has 1 aliphatic rings. The molecule has 0 spiro atoms. The maximum absolute atomic E-state index is 4.64. The number of hydrogen-bond donors (Lipinski definition) is 3. The lowest BCUT2D eigenvalue weighted by molar-refractivity contribution is 0.631. The van der Waals surface area contributed by atoms with Gasteiger partial charge in [-0.1, -0.05) is 18.2 Å². The molecule has 5 heteroatoms. The summed E-state index contributed by atoms with van der Waals surface area (Å²) in [5, 5.41) is 10.1. The fourth-order valence-corrected chi connectivity index (χ4v) is 2.36. The van der Waals surface area contributed by atoms with E-state index in [1.165, 1.54) is 0 Å². The minimum Gasteiger partial charge on any atom is -0.370 e. The van der Waals surface area contributed by atoms with Crippen LogP contribution in [0, 0.1) is 0 Å². The van der Waals surface area contributed by atoms with Gasteiger partial charge in [0.1, 0.15) is 5.82 Å². The van der Waals surface area contributed by atoms with Crippen LogP contribution in [0.3, 0.4) is 0 Å². The molecule has 0 amide bonds. The number of rotatable bonds is 8. The number of guanidine groups is 1. The third kappa shape index (κ3) is 6.16.